The van der Waals surface area contributed by atoms with Crippen molar-refractivity contribution >= 4 is 5.97 Å². The summed E-state index contributed by atoms with van der Waals surface area (Å²) in [5, 5.41) is 3.47. The van der Waals surface area contributed by atoms with Crippen LogP contribution < -0.4 is 5.32 Å². The molecule has 0 bridgehead atoms. The molecule has 1 fully saturated rings. The zero-order valence-electron chi connectivity index (χ0n) is 12.2. The second kappa shape index (κ2) is 5.87. The molecule has 0 aromatic heterocycles. The van der Waals surface area contributed by atoms with E-state index < -0.39 is 0 Å². The first-order valence-electron chi connectivity index (χ1n) is 6.80. The number of hydrogen-bond acceptors (Lipinski definition) is 3. The zero-order chi connectivity index (χ0) is 13.8. The van der Waals surface area contributed by atoms with Crippen LogP contribution in [0.2, 0.25) is 0 Å². The van der Waals surface area contributed by atoms with Crippen LogP contribution in [-0.2, 0) is 9.53 Å². The van der Waals surface area contributed by atoms with Crippen molar-refractivity contribution in [3.05, 3.63) is 12.7 Å². The number of nitrogens with one attached hydrogen (secondary N) is 1. The van der Waals surface area contributed by atoms with E-state index in [2.05, 4.69) is 18.8 Å². The summed E-state index contributed by atoms with van der Waals surface area (Å²) in [5.74, 6) is -0.0794. The summed E-state index contributed by atoms with van der Waals surface area (Å²) in [6, 6.07) is 0.448. The molecule has 3 nitrogen and oxygen atoms in total. The van der Waals surface area contributed by atoms with Gasteiger partial charge in [-0.15, -0.1) is 6.58 Å². The van der Waals surface area contributed by atoms with Crippen molar-refractivity contribution in [3.8, 4) is 0 Å². The Hall–Kier alpha value is -0.830. The van der Waals surface area contributed by atoms with Crippen molar-refractivity contribution in [3.63, 3.8) is 0 Å². The van der Waals surface area contributed by atoms with Crippen LogP contribution in [0.25, 0.3) is 0 Å². The van der Waals surface area contributed by atoms with Crippen LogP contribution in [0.1, 0.15) is 53.4 Å². The van der Waals surface area contributed by atoms with E-state index in [0.717, 1.165) is 25.8 Å². The fourth-order valence-corrected chi connectivity index (χ4v) is 2.60. The second-order valence-electron chi connectivity index (χ2n) is 6.70. The molecule has 18 heavy (non-hydrogen) atoms. The zero-order valence-corrected chi connectivity index (χ0v) is 12.2. The van der Waals surface area contributed by atoms with E-state index >= 15 is 0 Å². The number of hydrogen-bond donors (Lipinski definition) is 1. The third-order valence-electron chi connectivity index (χ3n) is 3.34. The Morgan fingerprint density at radius 3 is 2.78 bits per heavy atom. The number of rotatable bonds is 4. The quantitative estimate of drug-likeness (QED) is 0.618. The van der Waals surface area contributed by atoms with E-state index in [1.807, 2.05) is 26.8 Å². The fraction of sp³-hybridized carbons (Fsp3) is 0.800. The average Bonchev–Trinajstić information content (AvgIpc) is 2.13. The monoisotopic (exact) mass is 253 g/mol. The normalized spacial score (nSPS) is 28.8. The SMILES string of the molecule is C=CCC1CC(C)(CC(=O)OC(C)(C)C)CCN1. The van der Waals surface area contributed by atoms with Crippen LogP contribution >= 0.6 is 0 Å². The summed E-state index contributed by atoms with van der Waals surface area (Å²) in [7, 11) is 0. The molecule has 1 aliphatic rings. The first-order valence-corrected chi connectivity index (χ1v) is 6.80. The lowest BCUT2D eigenvalue weighted by atomic mass is 9.74. The fourth-order valence-electron chi connectivity index (χ4n) is 2.60. The lowest BCUT2D eigenvalue weighted by Crippen LogP contribution is -2.44. The lowest BCUT2D eigenvalue weighted by Gasteiger charge is -2.38. The van der Waals surface area contributed by atoms with Crippen molar-refractivity contribution in [1.29, 1.82) is 0 Å². The highest BCUT2D eigenvalue weighted by atomic mass is 16.6. The van der Waals surface area contributed by atoms with Gasteiger partial charge in [0.15, 0.2) is 0 Å². The van der Waals surface area contributed by atoms with E-state index in [0.29, 0.717) is 12.5 Å². The molecule has 1 saturated heterocycles. The molecular formula is C15H27NO2. The van der Waals surface area contributed by atoms with Gasteiger partial charge in [0.2, 0.25) is 0 Å². The van der Waals surface area contributed by atoms with Crippen molar-refractivity contribution in [1.82, 2.24) is 5.32 Å². The van der Waals surface area contributed by atoms with E-state index in [-0.39, 0.29) is 17.0 Å². The molecule has 0 amide bonds. The van der Waals surface area contributed by atoms with Gasteiger partial charge in [0.05, 0.1) is 6.42 Å². The minimum Gasteiger partial charge on any atom is -0.460 e. The molecule has 0 aromatic rings. The molecule has 1 aliphatic heterocycles. The Bertz CT molecular complexity index is 306. The Morgan fingerprint density at radius 1 is 1.56 bits per heavy atom. The Labute approximate surface area is 111 Å². The Balaban J connectivity index is 2.53. The van der Waals surface area contributed by atoms with Crippen molar-refractivity contribution in [2.75, 3.05) is 6.54 Å². The van der Waals surface area contributed by atoms with Gasteiger partial charge in [0.25, 0.3) is 0 Å². The highest BCUT2D eigenvalue weighted by molar-refractivity contribution is 5.70. The number of piperidine rings is 1. The Kier molecular flexibility index (Phi) is 4.97. The van der Waals surface area contributed by atoms with E-state index in [9.17, 15) is 4.79 Å². The predicted octanol–water partition coefficient (Wildman–Crippen LogP) is 3.05. The molecule has 0 saturated carbocycles. The maximum atomic E-state index is 11.9. The number of esters is 1. The summed E-state index contributed by atoms with van der Waals surface area (Å²) in [6.07, 6.45) is 5.46. The maximum absolute atomic E-state index is 11.9. The topological polar surface area (TPSA) is 38.3 Å². The van der Waals surface area contributed by atoms with Crippen molar-refractivity contribution in [2.24, 2.45) is 5.41 Å². The molecule has 2 unspecified atom stereocenters. The summed E-state index contributed by atoms with van der Waals surface area (Å²) in [6.45, 7) is 12.7. The highest BCUT2D eigenvalue weighted by Gasteiger charge is 2.34. The summed E-state index contributed by atoms with van der Waals surface area (Å²) in [4.78, 5) is 11.9. The molecule has 0 radical (unpaired) electrons. The number of carbonyl (C=O) groups excluding carboxylic acids is 1. The smallest absolute Gasteiger partial charge is 0.306 e. The molecule has 2 atom stereocenters. The van der Waals surface area contributed by atoms with Gasteiger partial charge in [-0.05, 0) is 52.0 Å². The van der Waals surface area contributed by atoms with Gasteiger partial charge in [-0.25, -0.2) is 0 Å². The summed E-state index contributed by atoms with van der Waals surface area (Å²) < 4.78 is 5.42. The largest absolute Gasteiger partial charge is 0.460 e. The molecular weight excluding hydrogens is 226 g/mol. The molecule has 1 heterocycles. The standard InChI is InChI=1S/C15H27NO2/c1-6-7-12-10-15(5,8-9-16-12)11-13(17)18-14(2,3)4/h6,12,16H,1,7-11H2,2-5H3. The third kappa shape index (κ3) is 5.21. The van der Waals surface area contributed by atoms with Crippen LogP contribution in [0.15, 0.2) is 12.7 Å². The van der Waals surface area contributed by atoms with Crippen molar-refractivity contribution < 1.29 is 9.53 Å². The van der Waals surface area contributed by atoms with E-state index in [1.54, 1.807) is 0 Å². The minimum absolute atomic E-state index is 0.0568. The predicted molar refractivity (Wildman–Crippen MR) is 74.4 cm³/mol. The van der Waals surface area contributed by atoms with Crippen LogP contribution in [0.4, 0.5) is 0 Å². The van der Waals surface area contributed by atoms with Crippen LogP contribution in [-0.4, -0.2) is 24.2 Å². The second-order valence-corrected chi connectivity index (χ2v) is 6.70. The third-order valence-corrected chi connectivity index (χ3v) is 3.34. The first kappa shape index (κ1) is 15.2. The van der Waals surface area contributed by atoms with E-state index in [1.165, 1.54) is 0 Å². The number of ether oxygens (including phenoxy) is 1. The van der Waals surface area contributed by atoms with E-state index in [4.69, 9.17) is 4.74 Å². The number of carbonyl (C=O) groups is 1. The lowest BCUT2D eigenvalue weighted by molar-refractivity contribution is -0.158. The molecule has 0 aliphatic carbocycles. The molecule has 1 N–H and O–H groups in total. The van der Waals surface area contributed by atoms with Gasteiger partial charge in [-0.1, -0.05) is 13.0 Å². The van der Waals surface area contributed by atoms with Gasteiger partial charge in [0.1, 0.15) is 5.60 Å². The molecule has 1 rings (SSSR count). The van der Waals surface area contributed by atoms with Gasteiger partial charge in [-0.2, -0.15) is 0 Å². The van der Waals surface area contributed by atoms with Crippen molar-refractivity contribution in [2.45, 2.75) is 65.0 Å². The van der Waals surface area contributed by atoms with Gasteiger partial charge in [-0.3, -0.25) is 4.79 Å². The first-order chi connectivity index (χ1) is 8.24. The molecule has 0 spiro atoms. The van der Waals surface area contributed by atoms with Gasteiger partial charge in [0, 0.05) is 6.04 Å². The summed E-state index contributed by atoms with van der Waals surface area (Å²) >= 11 is 0. The molecule has 104 valence electrons. The maximum Gasteiger partial charge on any atom is 0.306 e. The molecule has 0 aromatic carbocycles. The minimum atomic E-state index is -0.388. The van der Waals surface area contributed by atoms with Gasteiger partial charge < -0.3 is 10.1 Å². The summed E-state index contributed by atoms with van der Waals surface area (Å²) in [5.41, 5.74) is -0.331. The van der Waals surface area contributed by atoms with Crippen LogP contribution in [0, 0.1) is 5.41 Å². The van der Waals surface area contributed by atoms with Crippen LogP contribution in [0.5, 0.6) is 0 Å². The van der Waals surface area contributed by atoms with Crippen LogP contribution in [0.3, 0.4) is 0 Å². The highest BCUT2D eigenvalue weighted by Crippen LogP contribution is 2.35. The molecule has 3 heteroatoms. The van der Waals surface area contributed by atoms with Gasteiger partial charge >= 0.3 is 5.97 Å². The Morgan fingerprint density at radius 2 is 2.22 bits per heavy atom. The average molecular weight is 253 g/mol.